The first kappa shape index (κ1) is 14.2. The van der Waals surface area contributed by atoms with Gasteiger partial charge in [-0.3, -0.25) is 4.79 Å². The number of para-hydroxylation sites is 1. The Bertz CT molecular complexity index is 472. The monoisotopic (exact) mass is 281 g/mol. The van der Waals surface area contributed by atoms with Crippen LogP contribution in [0.1, 0.15) is 12.0 Å². The summed E-state index contributed by atoms with van der Waals surface area (Å²) >= 11 is 0. The molecule has 104 valence electrons. The van der Waals surface area contributed by atoms with Crippen LogP contribution in [0.25, 0.3) is 0 Å². The molecular formula is C14H20ClN3O. The molecule has 0 bridgehead atoms. The second kappa shape index (κ2) is 5.80. The first-order valence-corrected chi connectivity index (χ1v) is 6.61. The fourth-order valence-electron chi connectivity index (χ4n) is 2.86. The third kappa shape index (κ3) is 2.55. The Kier molecular flexibility index (Phi) is 4.32. The van der Waals surface area contributed by atoms with Crippen LogP contribution >= 0.6 is 12.4 Å². The van der Waals surface area contributed by atoms with Crippen molar-refractivity contribution in [3.63, 3.8) is 0 Å². The number of halogens is 1. The molecule has 1 saturated heterocycles. The van der Waals surface area contributed by atoms with Gasteiger partial charge >= 0.3 is 0 Å². The molecule has 0 unspecified atom stereocenters. The standard InChI is InChI=1S/C14H19N3O.ClH/c1-16-13(18)6-5-11-3-2-4-12(14(11)16)17-9-7-15-8-10-17;/h2-4,15H,5-10H2,1H3;1H. The second-order valence-corrected chi connectivity index (χ2v) is 4.97. The summed E-state index contributed by atoms with van der Waals surface area (Å²) in [5.41, 5.74) is 3.63. The summed E-state index contributed by atoms with van der Waals surface area (Å²) in [6, 6.07) is 6.39. The van der Waals surface area contributed by atoms with Gasteiger partial charge in [-0.2, -0.15) is 0 Å². The van der Waals surface area contributed by atoms with Gasteiger partial charge in [0, 0.05) is 39.6 Å². The molecule has 4 nitrogen and oxygen atoms in total. The quantitative estimate of drug-likeness (QED) is 0.846. The SMILES string of the molecule is CN1C(=O)CCc2cccc(N3CCNCC3)c21.Cl. The molecule has 0 saturated carbocycles. The molecule has 5 heteroatoms. The number of carbonyl (C=O) groups excluding carboxylic acids is 1. The van der Waals surface area contributed by atoms with Gasteiger partial charge in [0.25, 0.3) is 0 Å². The van der Waals surface area contributed by atoms with Gasteiger partial charge in [0.2, 0.25) is 5.91 Å². The van der Waals surface area contributed by atoms with Crippen molar-refractivity contribution in [1.29, 1.82) is 0 Å². The van der Waals surface area contributed by atoms with Gasteiger partial charge in [-0.05, 0) is 18.1 Å². The zero-order chi connectivity index (χ0) is 12.5. The van der Waals surface area contributed by atoms with E-state index in [1.54, 1.807) is 0 Å². The average molecular weight is 282 g/mol. The smallest absolute Gasteiger partial charge is 0.227 e. The Labute approximate surface area is 120 Å². The topological polar surface area (TPSA) is 35.6 Å². The van der Waals surface area contributed by atoms with Crippen molar-refractivity contribution in [1.82, 2.24) is 5.32 Å². The number of piperazine rings is 1. The molecule has 0 spiro atoms. The molecule has 2 aliphatic heterocycles. The first-order chi connectivity index (χ1) is 8.77. The van der Waals surface area contributed by atoms with Crippen LogP contribution in [0.2, 0.25) is 0 Å². The number of hydrogen-bond acceptors (Lipinski definition) is 3. The van der Waals surface area contributed by atoms with Gasteiger partial charge in [0.15, 0.2) is 0 Å². The highest BCUT2D eigenvalue weighted by atomic mass is 35.5. The summed E-state index contributed by atoms with van der Waals surface area (Å²) in [4.78, 5) is 16.1. The van der Waals surface area contributed by atoms with Crippen molar-refractivity contribution in [2.24, 2.45) is 0 Å². The zero-order valence-corrected chi connectivity index (χ0v) is 12.0. The van der Waals surface area contributed by atoms with Crippen molar-refractivity contribution in [2.45, 2.75) is 12.8 Å². The summed E-state index contributed by atoms with van der Waals surface area (Å²) in [6.45, 7) is 4.06. The Morgan fingerprint density at radius 3 is 2.63 bits per heavy atom. The highest BCUT2D eigenvalue weighted by Crippen LogP contribution is 2.36. The molecule has 1 amide bonds. The van der Waals surface area contributed by atoms with E-state index in [-0.39, 0.29) is 18.3 Å². The van der Waals surface area contributed by atoms with Crippen LogP contribution in [-0.4, -0.2) is 39.1 Å². The fourth-order valence-corrected chi connectivity index (χ4v) is 2.86. The maximum Gasteiger partial charge on any atom is 0.227 e. The van der Waals surface area contributed by atoms with Crippen molar-refractivity contribution in [2.75, 3.05) is 43.0 Å². The number of carbonyl (C=O) groups is 1. The molecule has 1 aromatic rings. The van der Waals surface area contributed by atoms with E-state index in [0.717, 1.165) is 38.3 Å². The van der Waals surface area contributed by atoms with E-state index in [1.807, 2.05) is 11.9 Å². The number of benzene rings is 1. The Balaban J connectivity index is 0.00000133. The lowest BCUT2D eigenvalue weighted by Gasteiger charge is -2.35. The van der Waals surface area contributed by atoms with Crippen LogP contribution in [0.4, 0.5) is 11.4 Å². The van der Waals surface area contributed by atoms with Crippen molar-refractivity contribution >= 4 is 29.7 Å². The first-order valence-electron chi connectivity index (χ1n) is 6.61. The van der Waals surface area contributed by atoms with Crippen LogP contribution in [0, 0.1) is 0 Å². The molecule has 3 rings (SSSR count). The van der Waals surface area contributed by atoms with Crippen LogP contribution in [0.3, 0.4) is 0 Å². The Hall–Kier alpha value is -1.26. The Morgan fingerprint density at radius 1 is 1.16 bits per heavy atom. The van der Waals surface area contributed by atoms with E-state index >= 15 is 0 Å². The van der Waals surface area contributed by atoms with Crippen molar-refractivity contribution < 1.29 is 4.79 Å². The number of amides is 1. The zero-order valence-electron chi connectivity index (χ0n) is 11.2. The Morgan fingerprint density at radius 2 is 1.89 bits per heavy atom. The molecule has 1 fully saturated rings. The number of nitrogens with zero attached hydrogens (tertiary/aromatic N) is 2. The summed E-state index contributed by atoms with van der Waals surface area (Å²) < 4.78 is 0. The summed E-state index contributed by atoms with van der Waals surface area (Å²) in [5, 5.41) is 3.36. The minimum Gasteiger partial charge on any atom is -0.367 e. The maximum absolute atomic E-state index is 11.9. The van der Waals surface area contributed by atoms with E-state index in [4.69, 9.17) is 0 Å². The molecule has 0 atom stereocenters. The van der Waals surface area contributed by atoms with Crippen molar-refractivity contribution in [3.05, 3.63) is 23.8 Å². The minimum atomic E-state index is 0. The number of aryl methyl sites for hydroxylation is 1. The van der Waals surface area contributed by atoms with Crippen LogP contribution in [0.15, 0.2) is 18.2 Å². The maximum atomic E-state index is 11.9. The lowest BCUT2D eigenvalue weighted by atomic mass is 9.99. The predicted octanol–water partition coefficient (Wildman–Crippen LogP) is 1.43. The second-order valence-electron chi connectivity index (χ2n) is 4.97. The number of fused-ring (bicyclic) bond motifs is 1. The number of nitrogens with one attached hydrogen (secondary N) is 1. The van der Waals surface area contributed by atoms with Gasteiger partial charge in [-0.1, -0.05) is 12.1 Å². The lowest BCUT2D eigenvalue weighted by Crippen LogP contribution is -2.44. The van der Waals surface area contributed by atoms with E-state index in [2.05, 4.69) is 28.4 Å². The predicted molar refractivity (Wildman–Crippen MR) is 80.5 cm³/mol. The number of hydrogen-bond donors (Lipinski definition) is 1. The third-order valence-corrected chi connectivity index (χ3v) is 3.87. The van der Waals surface area contributed by atoms with E-state index < -0.39 is 0 Å². The van der Waals surface area contributed by atoms with Gasteiger partial charge in [0.1, 0.15) is 0 Å². The summed E-state index contributed by atoms with van der Waals surface area (Å²) in [7, 11) is 1.89. The average Bonchev–Trinajstić information content (AvgIpc) is 2.43. The molecule has 1 aromatic carbocycles. The number of rotatable bonds is 1. The fraction of sp³-hybridized carbons (Fsp3) is 0.500. The molecule has 0 aromatic heterocycles. The number of anilines is 2. The highest BCUT2D eigenvalue weighted by molar-refractivity contribution is 5.99. The highest BCUT2D eigenvalue weighted by Gasteiger charge is 2.25. The lowest BCUT2D eigenvalue weighted by molar-refractivity contribution is -0.118. The summed E-state index contributed by atoms with van der Waals surface area (Å²) in [5.74, 6) is 0.227. The summed E-state index contributed by atoms with van der Waals surface area (Å²) in [6.07, 6.45) is 1.51. The minimum absolute atomic E-state index is 0. The molecular weight excluding hydrogens is 262 g/mol. The molecule has 0 aliphatic carbocycles. The molecule has 2 aliphatic rings. The largest absolute Gasteiger partial charge is 0.367 e. The van der Waals surface area contributed by atoms with Gasteiger partial charge in [0.05, 0.1) is 11.4 Å². The molecule has 2 heterocycles. The van der Waals surface area contributed by atoms with Crippen LogP contribution < -0.4 is 15.1 Å². The third-order valence-electron chi connectivity index (χ3n) is 3.87. The molecule has 19 heavy (non-hydrogen) atoms. The molecule has 1 N–H and O–H groups in total. The van der Waals surface area contributed by atoms with Gasteiger partial charge in [-0.25, -0.2) is 0 Å². The van der Waals surface area contributed by atoms with Crippen LogP contribution in [0.5, 0.6) is 0 Å². The van der Waals surface area contributed by atoms with Crippen LogP contribution in [-0.2, 0) is 11.2 Å². The van der Waals surface area contributed by atoms with Gasteiger partial charge in [-0.15, -0.1) is 12.4 Å². The van der Waals surface area contributed by atoms with E-state index in [9.17, 15) is 4.79 Å². The van der Waals surface area contributed by atoms with E-state index in [1.165, 1.54) is 11.3 Å². The van der Waals surface area contributed by atoms with E-state index in [0.29, 0.717) is 6.42 Å². The van der Waals surface area contributed by atoms with Gasteiger partial charge < -0.3 is 15.1 Å². The molecule has 0 radical (unpaired) electrons. The normalized spacial score (nSPS) is 18.9. The van der Waals surface area contributed by atoms with Crippen molar-refractivity contribution in [3.8, 4) is 0 Å².